The van der Waals surface area contributed by atoms with Gasteiger partial charge in [-0.25, -0.2) is 17.5 Å². The molecule has 0 heterocycles. The lowest BCUT2D eigenvalue weighted by Crippen LogP contribution is -2.29. The third kappa shape index (κ3) is 4.15. The molecule has 19 heavy (non-hydrogen) atoms. The fourth-order valence-corrected chi connectivity index (χ4v) is 2.78. The average Bonchev–Trinajstić information content (AvgIpc) is 2.31. The zero-order valence-electron chi connectivity index (χ0n) is 11.0. The third-order valence-electron chi connectivity index (χ3n) is 2.85. The molecule has 0 amide bonds. The maximum atomic E-state index is 13.7. The molecular weight excluding hydrogens is 271 g/mol. The molecule has 0 saturated carbocycles. The predicted octanol–water partition coefficient (Wildman–Crippen LogP) is 1.01. The maximum Gasteiger partial charge on any atom is 0.243 e. The summed E-state index contributed by atoms with van der Waals surface area (Å²) in [5, 5.41) is 8.74. The fraction of sp³-hybridized carbons (Fsp3) is 0.500. The second-order valence-corrected chi connectivity index (χ2v) is 6.34. The maximum absolute atomic E-state index is 13.7. The molecule has 1 aromatic rings. The number of rotatable bonds is 6. The van der Waals surface area contributed by atoms with Gasteiger partial charge in [0.25, 0.3) is 0 Å². The molecule has 7 heteroatoms. The van der Waals surface area contributed by atoms with E-state index in [2.05, 4.69) is 4.72 Å². The van der Waals surface area contributed by atoms with Crippen molar-refractivity contribution in [3.8, 4) is 0 Å². The zero-order chi connectivity index (χ0) is 14.6. The normalized spacial score (nSPS) is 13.5. The third-order valence-corrected chi connectivity index (χ3v) is 4.29. The van der Waals surface area contributed by atoms with Crippen molar-refractivity contribution < 1.29 is 17.9 Å². The summed E-state index contributed by atoms with van der Waals surface area (Å²) in [6, 6.07) is 2.21. The summed E-state index contributed by atoms with van der Waals surface area (Å²) in [5.41, 5.74) is 6.32. The van der Waals surface area contributed by atoms with Gasteiger partial charge in [0.2, 0.25) is 10.0 Å². The topological polar surface area (TPSA) is 92.4 Å². The van der Waals surface area contributed by atoms with Crippen molar-refractivity contribution in [1.29, 1.82) is 0 Å². The van der Waals surface area contributed by atoms with Gasteiger partial charge in [-0.3, -0.25) is 0 Å². The van der Waals surface area contributed by atoms with Gasteiger partial charge in [-0.2, -0.15) is 0 Å². The molecule has 108 valence electrons. The second kappa shape index (κ2) is 6.31. The molecule has 1 rings (SSSR count). The first-order valence-corrected chi connectivity index (χ1v) is 7.42. The van der Waals surface area contributed by atoms with Crippen LogP contribution in [0, 0.1) is 18.7 Å². The average molecular weight is 290 g/mol. The molecule has 0 saturated heterocycles. The highest BCUT2D eigenvalue weighted by molar-refractivity contribution is 7.89. The van der Waals surface area contributed by atoms with Crippen molar-refractivity contribution >= 4 is 15.7 Å². The Morgan fingerprint density at radius 3 is 2.68 bits per heavy atom. The number of halogens is 1. The fourth-order valence-electron chi connectivity index (χ4n) is 1.53. The van der Waals surface area contributed by atoms with Crippen molar-refractivity contribution in [3.63, 3.8) is 0 Å². The van der Waals surface area contributed by atoms with E-state index in [1.807, 2.05) is 0 Å². The summed E-state index contributed by atoms with van der Waals surface area (Å²) in [6.07, 6.45) is 0.473. The summed E-state index contributed by atoms with van der Waals surface area (Å²) in [4.78, 5) is -0.452. The minimum atomic E-state index is -3.93. The van der Waals surface area contributed by atoms with Gasteiger partial charge in [-0.05, 0) is 37.0 Å². The van der Waals surface area contributed by atoms with Crippen LogP contribution < -0.4 is 10.5 Å². The van der Waals surface area contributed by atoms with E-state index in [4.69, 9.17) is 10.8 Å². The van der Waals surface area contributed by atoms with Gasteiger partial charge in [0.15, 0.2) is 0 Å². The molecule has 0 fully saturated rings. The number of benzene rings is 1. The molecule has 0 aliphatic carbocycles. The van der Waals surface area contributed by atoms with Crippen molar-refractivity contribution in [2.45, 2.75) is 25.2 Å². The Morgan fingerprint density at radius 2 is 2.11 bits per heavy atom. The summed E-state index contributed by atoms with van der Waals surface area (Å²) in [6.45, 7) is 3.51. The highest BCUT2D eigenvalue weighted by Gasteiger charge is 2.20. The molecule has 0 radical (unpaired) electrons. The van der Waals surface area contributed by atoms with Crippen LogP contribution >= 0.6 is 0 Å². The summed E-state index contributed by atoms with van der Waals surface area (Å²) >= 11 is 0. The molecule has 0 bridgehead atoms. The van der Waals surface area contributed by atoms with Crippen LogP contribution in [0.3, 0.4) is 0 Å². The van der Waals surface area contributed by atoms with Gasteiger partial charge in [-0.1, -0.05) is 6.92 Å². The van der Waals surface area contributed by atoms with Crippen LogP contribution in [0.25, 0.3) is 0 Å². The van der Waals surface area contributed by atoms with Crippen LogP contribution in [0.4, 0.5) is 10.1 Å². The van der Waals surface area contributed by atoms with E-state index in [9.17, 15) is 12.8 Å². The van der Waals surface area contributed by atoms with E-state index in [-0.39, 0.29) is 24.8 Å². The lowest BCUT2D eigenvalue weighted by Gasteiger charge is -2.13. The van der Waals surface area contributed by atoms with Gasteiger partial charge in [0, 0.05) is 18.8 Å². The molecule has 0 aliphatic rings. The van der Waals surface area contributed by atoms with E-state index in [0.29, 0.717) is 12.0 Å². The molecule has 0 aromatic heterocycles. The van der Waals surface area contributed by atoms with E-state index in [1.54, 1.807) is 13.8 Å². The van der Waals surface area contributed by atoms with Crippen LogP contribution in [0.5, 0.6) is 0 Å². The zero-order valence-corrected chi connectivity index (χ0v) is 11.8. The number of aliphatic hydroxyl groups is 1. The summed E-state index contributed by atoms with van der Waals surface area (Å²) in [7, 11) is -3.93. The van der Waals surface area contributed by atoms with Gasteiger partial charge >= 0.3 is 0 Å². The Hall–Kier alpha value is -1.18. The smallest absolute Gasteiger partial charge is 0.243 e. The van der Waals surface area contributed by atoms with Gasteiger partial charge in [0.05, 0.1) is 0 Å². The van der Waals surface area contributed by atoms with E-state index < -0.39 is 20.7 Å². The van der Waals surface area contributed by atoms with E-state index >= 15 is 0 Å². The molecule has 0 aliphatic heterocycles. The molecule has 5 nitrogen and oxygen atoms in total. The molecule has 0 spiro atoms. The Bertz CT molecular complexity index is 546. The summed E-state index contributed by atoms with van der Waals surface area (Å²) in [5.74, 6) is -0.861. The van der Waals surface area contributed by atoms with Gasteiger partial charge < -0.3 is 10.8 Å². The number of hydrogen-bond donors (Lipinski definition) is 3. The number of nitrogens with two attached hydrogens (primary N) is 1. The Balaban J connectivity index is 2.92. The lowest BCUT2D eigenvalue weighted by molar-refractivity contribution is 0.263. The quantitative estimate of drug-likeness (QED) is 0.682. The first-order chi connectivity index (χ1) is 8.77. The molecular formula is C12H19FN2O3S. The monoisotopic (exact) mass is 290 g/mol. The van der Waals surface area contributed by atoms with Crippen molar-refractivity contribution in [2.75, 3.05) is 18.9 Å². The highest BCUT2D eigenvalue weighted by Crippen LogP contribution is 2.21. The second-order valence-electron chi connectivity index (χ2n) is 4.61. The van der Waals surface area contributed by atoms with Gasteiger partial charge in [0.1, 0.15) is 10.7 Å². The Morgan fingerprint density at radius 1 is 1.47 bits per heavy atom. The number of aliphatic hydroxyl groups excluding tert-OH is 1. The molecule has 1 aromatic carbocycles. The number of nitrogen functional groups attached to an aromatic ring is 1. The standard InChI is InChI=1S/C12H19FN2O3S/c1-8(3-4-16)7-15-19(17,18)12-6-11(14)9(2)5-10(12)13/h5-6,8,15-16H,3-4,7,14H2,1-2H3. The first kappa shape index (κ1) is 15.9. The number of nitrogens with one attached hydrogen (secondary N) is 1. The first-order valence-electron chi connectivity index (χ1n) is 5.94. The number of sulfonamides is 1. The van der Waals surface area contributed by atoms with Crippen molar-refractivity contribution in [2.24, 2.45) is 5.92 Å². The van der Waals surface area contributed by atoms with Crippen molar-refractivity contribution in [1.82, 2.24) is 4.72 Å². The minimum Gasteiger partial charge on any atom is -0.398 e. The molecule has 4 N–H and O–H groups in total. The van der Waals surface area contributed by atoms with Gasteiger partial charge in [-0.15, -0.1) is 0 Å². The highest BCUT2D eigenvalue weighted by atomic mass is 32.2. The molecule has 1 unspecified atom stereocenters. The largest absolute Gasteiger partial charge is 0.398 e. The van der Waals surface area contributed by atoms with Crippen LogP contribution in [0.2, 0.25) is 0 Å². The number of hydrogen-bond acceptors (Lipinski definition) is 4. The van der Waals surface area contributed by atoms with E-state index in [0.717, 1.165) is 12.1 Å². The lowest BCUT2D eigenvalue weighted by atomic mass is 10.1. The minimum absolute atomic E-state index is 0.0191. The summed E-state index contributed by atoms with van der Waals surface area (Å²) < 4.78 is 39.9. The molecule has 1 atom stereocenters. The van der Waals surface area contributed by atoms with Crippen LogP contribution in [0.1, 0.15) is 18.9 Å². The Labute approximate surface area is 112 Å². The predicted molar refractivity (Wildman–Crippen MR) is 71.6 cm³/mol. The number of anilines is 1. The number of aryl methyl sites for hydroxylation is 1. The van der Waals surface area contributed by atoms with E-state index in [1.165, 1.54) is 0 Å². The van der Waals surface area contributed by atoms with Crippen LogP contribution in [-0.4, -0.2) is 26.7 Å². The van der Waals surface area contributed by atoms with Crippen molar-refractivity contribution in [3.05, 3.63) is 23.5 Å². The van der Waals surface area contributed by atoms with Crippen LogP contribution in [-0.2, 0) is 10.0 Å². The van der Waals surface area contributed by atoms with Crippen LogP contribution in [0.15, 0.2) is 17.0 Å². The Kier molecular flexibility index (Phi) is 5.28. The SMILES string of the molecule is Cc1cc(F)c(S(=O)(=O)NCC(C)CCO)cc1N.